The first kappa shape index (κ1) is 26.4. The lowest BCUT2D eigenvalue weighted by molar-refractivity contribution is 0.0723. The average molecular weight is 561 g/mol. The van der Waals surface area contributed by atoms with Gasteiger partial charge >= 0.3 is 0 Å². The summed E-state index contributed by atoms with van der Waals surface area (Å²) in [6, 6.07) is 23.6. The Balaban J connectivity index is 1.22. The minimum atomic E-state index is -0.800. The first-order valence-electron chi connectivity index (χ1n) is 14.5. The smallest absolute Gasteiger partial charge is 0.255 e. The van der Waals surface area contributed by atoms with E-state index in [0.717, 1.165) is 46.4 Å². The lowest BCUT2D eigenvalue weighted by atomic mass is 9.88. The molecule has 1 atom stereocenters. The maximum absolute atomic E-state index is 14.5. The fourth-order valence-corrected chi connectivity index (χ4v) is 6.47. The number of imidazole rings is 1. The van der Waals surface area contributed by atoms with Crippen molar-refractivity contribution in [3.8, 4) is 16.9 Å². The predicted octanol–water partition coefficient (Wildman–Crippen LogP) is 6.94. The molecule has 4 aromatic carbocycles. The fraction of sp³-hybridized carbons (Fsp3) is 0.257. The molecule has 1 aromatic heterocycles. The van der Waals surface area contributed by atoms with E-state index in [4.69, 9.17) is 4.98 Å². The number of aromatic nitrogens is 2. The minimum absolute atomic E-state index is 0.0906. The summed E-state index contributed by atoms with van der Waals surface area (Å²) in [6.07, 6.45) is 2.35. The number of fused-ring (bicyclic) bond motifs is 2. The van der Waals surface area contributed by atoms with E-state index < -0.39 is 11.9 Å². The Labute approximate surface area is 244 Å². The van der Waals surface area contributed by atoms with Gasteiger partial charge in [0, 0.05) is 17.7 Å². The highest BCUT2D eigenvalue weighted by molar-refractivity contribution is 6.00. The van der Waals surface area contributed by atoms with Crippen LogP contribution in [0.1, 0.15) is 63.2 Å². The maximum Gasteiger partial charge on any atom is 0.255 e. The SMILES string of the molecule is Cc1ccc2[nH]c(C(c3cc(F)ccc3O)N3Cc4ccc(-c5ccc(C6CCN(C)CC6)cc5)cc4C3=O)nc2c1. The molecule has 3 heterocycles. The summed E-state index contributed by atoms with van der Waals surface area (Å²) in [7, 11) is 2.18. The van der Waals surface area contributed by atoms with Gasteiger partial charge in [-0.25, -0.2) is 9.37 Å². The van der Waals surface area contributed by atoms with Gasteiger partial charge in [-0.05, 0) is 110 Å². The van der Waals surface area contributed by atoms with Crippen molar-refractivity contribution in [2.24, 2.45) is 0 Å². The molecule has 0 saturated carbocycles. The van der Waals surface area contributed by atoms with Crippen molar-refractivity contribution in [1.82, 2.24) is 19.8 Å². The number of phenols is 1. The van der Waals surface area contributed by atoms with E-state index in [1.807, 2.05) is 37.3 Å². The van der Waals surface area contributed by atoms with Gasteiger partial charge < -0.3 is 19.9 Å². The number of nitrogens with one attached hydrogen (secondary N) is 1. The highest BCUT2D eigenvalue weighted by Crippen LogP contribution is 2.40. The number of likely N-dealkylation sites (tertiary alicyclic amines) is 1. The van der Waals surface area contributed by atoms with Crippen LogP contribution in [0.4, 0.5) is 4.39 Å². The van der Waals surface area contributed by atoms with Crippen LogP contribution in [0, 0.1) is 12.7 Å². The second-order valence-electron chi connectivity index (χ2n) is 11.8. The molecule has 2 aliphatic rings. The molecule has 42 heavy (non-hydrogen) atoms. The molecule has 1 saturated heterocycles. The van der Waals surface area contributed by atoms with Crippen LogP contribution in [0.5, 0.6) is 5.75 Å². The second-order valence-corrected chi connectivity index (χ2v) is 11.8. The summed E-state index contributed by atoms with van der Waals surface area (Å²) in [5.74, 6) is 0.299. The standard InChI is InChI=1S/C35H33FN4O2/c1-21-3-11-30-31(17-21)38-34(37-30)33(29-19-27(36)10-12-32(29)41)40-20-26-9-8-25(18-28(26)35(40)42)23-6-4-22(5-7-23)24-13-15-39(2)16-14-24/h3-12,17-19,24,33,41H,13-16,20H2,1-2H3,(H,37,38). The van der Waals surface area contributed by atoms with Crippen LogP contribution in [0.3, 0.4) is 0 Å². The van der Waals surface area contributed by atoms with Crippen molar-refractivity contribution in [3.63, 3.8) is 0 Å². The van der Waals surface area contributed by atoms with Crippen LogP contribution in [0.2, 0.25) is 0 Å². The number of benzene rings is 4. The van der Waals surface area contributed by atoms with Crippen LogP contribution in [-0.2, 0) is 6.54 Å². The Morgan fingerprint density at radius 1 is 0.952 bits per heavy atom. The van der Waals surface area contributed by atoms with E-state index >= 15 is 0 Å². The number of nitrogens with zero attached hydrogens (tertiary/aromatic N) is 3. The molecule has 1 amide bonds. The molecule has 1 unspecified atom stereocenters. The third kappa shape index (κ3) is 4.73. The molecular weight excluding hydrogens is 527 g/mol. The summed E-state index contributed by atoms with van der Waals surface area (Å²) in [6.45, 7) is 4.56. The summed E-state index contributed by atoms with van der Waals surface area (Å²) in [5.41, 5.74) is 7.82. The Hall–Kier alpha value is -4.49. The Morgan fingerprint density at radius 3 is 2.50 bits per heavy atom. The summed E-state index contributed by atoms with van der Waals surface area (Å²) in [5, 5.41) is 10.8. The number of phenolic OH excluding ortho intramolecular Hbond substituents is 1. The molecule has 0 aliphatic carbocycles. The zero-order valence-electron chi connectivity index (χ0n) is 23.8. The van der Waals surface area contributed by atoms with Crippen LogP contribution in [0.15, 0.2) is 78.9 Å². The zero-order valence-corrected chi connectivity index (χ0v) is 23.8. The van der Waals surface area contributed by atoms with Crippen LogP contribution in [-0.4, -0.2) is 50.9 Å². The molecule has 6 nitrogen and oxygen atoms in total. The maximum atomic E-state index is 14.5. The van der Waals surface area contributed by atoms with Crippen LogP contribution < -0.4 is 0 Å². The summed E-state index contributed by atoms with van der Waals surface area (Å²) < 4.78 is 14.5. The molecule has 0 bridgehead atoms. The number of aromatic hydroxyl groups is 1. The number of rotatable bonds is 5. The van der Waals surface area contributed by atoms with Gasteiger partial charge in [-0.15, -0.1) is 0 Å². The number of carbonyl (C=O) groups excluding carboxylic acids is 1. The largest absolute Gasteiger partial charge is 0.508 e. The average Bonchev–Trinajstić information content (AvgIpc) is 3.55. The van der Waals surface area contributed by atoms with E-state index in [9.17, 15) is 14.3 Å². The first-order chi connectivity index (χ1) is 20.3. The third-order valence-corrected chi connectivity index (χ3v) is 8.89. The van der Waals surface area contributed by atoms with E-state index in [1.165, 1.54) is 36.6 Å². The summed E-state index contributed by atoms with van der Waals surface area (Å²) in [4.78, 5) is 26.2. The van der Waals surface area contributed by atoms with Gasteiger partial charge in [0.25, 0.3) is 5.91 Å². The highest BCUT2D eigenvalue weighted by atomic mass is 19.1. The minimum Gasteiger partial charge on any atom is -0.508 e. The second kappa shape index (κ2) is 10.4. The number of hydrogen-bond donors (Lipinski definition) is 2. The molecule has 2 N–H and O–H groups in total. The number of carbonyl (C=O) groups is 1. The van der Waals surface area contributed by atoms with Crippen LogP contribution >= 0.6 is 0 Å². The number of piperidine rings is 1. The van der Waals surface area contributed by atoms with E-state index in [-0.39, 0.29) is 17.2 Å². The fourth-order valence-electron chi connectivity index (χ4n) is 6.47. The van der Waals surface area contributed by atoms with Gasteiger partial charge in [0.2, 0.25) is 0 Å². The number of aromatic amines is 1. The van der Waals surface area contributed by atoms with Crippen molar-refractivity contribution in [2.45, 2.75) is 38.3 Å². The molecule has 7 heteroatoms. The molecule has 5 aromatic rings. The zero-order chi connectivity index (χ0) is 29.0. The molecule has 0 spiro atoms. The lowest BCUT2D eigenvalue weighted by Crippen LogP contribution is -2.31. The van der Waals surface area contributed by atoms with Crippen molar-refractivity contribution in [3.05, 3.63) is 118 Å². The van der Waals surface area contributed by atoms with Gasteiger partial charge in [-0.1, -0.05) is 42.5 Å². The highest BCUT2D eigenvalue weighted by Gasteiger charge is 2.37. The Bertz CT molecular complexity index is 1800. The molecule has 212 valence electrons. The number of H-pyrrole nitrogens is 1. The molecule has 1 fully saturated rings. The normalized spacial score (nSPS) is 16.7. The monoisotopic (exact) mass is 560 g/mol. The van der Waals surface area contributed by atoms with E-state index in [0.29, 0.717) is 23.9 Å². The Kier molecular flexibility index (Phi) is 6.54. The van der Waals surface area contributed by atoms with Crippen molar-refractivity contribution in [2.75, 3.05) is 20.1 Å². The van der Waals surface area contributed by atoms with Gasteiger partial charge in [-0.2, -0.15) is 0 Å². The van der Waals surface area contributed by atoms with Gasteiger partial charge in [0.15, 0.2) is 0 Å². The number of hydrogen-bond acceptors (Lipinski definition) is 4. The van der Waals surface area contributed by atoms with Crippen molar-refractivity contribution in [1.29, 1.82) is 0 Å². The quantitative estimate of drug-likeness (QED) is 0.244. The molecule has 2 aliphatic heterocycles. The van der Waals surface area contributed by atoms with Crippen LogP contribution in [0.25, 0.3) is 22.2 Å². The topological polar surface area (TPSA) is 72.5 Å². The van der Waals surface area contributed by atoms with Gasteiger partial charge in [0.05, 0.1) is 11.0 Å². The first-order valence-corrected chi connectivity index (χ1v) is 14.5. The van der Waals surface area contributed by atoms with Crippen molar-refractivity contribution >= 4 is 16.9 Å². The van der Waals surface area contributed by atoms with Gasteiger partial charge in [0.1, 0.15) is 23.4 Å². The number of halogens is 1. The van der Waals surface area contributed by atoms with Gasteiger partial charge in [-0.3, -0.25) is 4.79 Å². The predicted molar refractivity (Wildman–Crippen MR) is 162 cm³/mol. The number of aryl methyl sites for hydroxylation is 1. The third-order valence-electron chi connectivity index (χ3n) is 8.89. The van der Waals surface area contributed by atoms with E-state index in [1.54, 1.807) is 4.90 Å². The van der Waals surface area contributed by atoms with Crippen molar-refractivity contribution < 1.29 is 14.3 Å². The summed E-state index contributed by atoms with van der Waals surface area (Å²) >= 11 is 0. The molecule has 0 radical (unpaired) electrons. The lowest BCUT2D eigenvalue weighted by Gasteiger charge is -2.29. The van der Waals surface area contributed by atoms with E-state index in [2.05, 4.69) is 47.3 Å². The molecule has 7 rings (SSSR count). The Morgan fingerprint density at radius 2 is 1.71 bits per heavy atom. The number of amides is 1. The molecular formula is C35H33FN4O2.